The third kappa shape index (κ3) is 3.08. The van der Waals surface area contributed by atoms with Crippen LogP contribution in [-0.2, 0) is 7.05 Å². The number of hydrogen-bond donors (Lipinski definition) is 1. The Morgan fingerprint density at radius 1 is 1.14 bits per heavy atom. The standard InChI is InChI=1S/C21H16ClN3O3/c1-12-15-4-3-5-16(22)19(15)28-18(12)21(27)24-14-8-6-13(7-9-14)17(26)20-23-10-11-25(20)2/h3-11H,1-2H3,(H,24,27). The first kappa shape index (κ1) is 18.0. The number of para-hydroxylation sites is 1. The highest BCUT2D eigenvalue weighted by Gasteiger charge is 2.19. The Kier molecular flexibility index (Phi) is 4.49. The summed E-state index contributed by atoms with van der Waals surface area (Å²) in [7, 11) is 1.76. The van der Waals surface area contributed by atoms with Gasteiger partial charge in [0.05, 0.1) is 5.02 Å². The van der Waals surface area contributed by atoms with Crippen LogP contribution in [0.3, 0.4) is 0 Å². The predicted molar refractivity (Wildman–Crippen MR) is 107 cm³/mol. The number of amides is 1. The van der Waals surface area contributed by atoms with Gasteiger partial charge in [0.2, 0.25) is 5.78 Å². The van der Waals surface area contributed by atoms with Crippen molar-refractivity contribution in [3.8, 4) is 0 Å². The lowest BCUT2D eigenvalue weighted by atomic mass is 10.1. The zero-order chi connectivity index (χ0) is 19.8. The number of halogens is 1. The van der Waals surface area contributed by atoms with Gasteiger partial charge in [-0.1, -0.05) is 23.7 Å². The molecule has 1 amide bonds. The van der Waals surface area contributed by atoms with Crippen molar-refractivity contribution in [2.24, 2.45) is 7.05 Å². The molecule has 6 nitrogen and oxygen atoms in total. The second kappa shape index (κ2) is 6.98. The molecule has 2 aromatic carbocycles. The van der Waals surface area contributed by atoms with E-state index in [0.29, 0.717) is 27.7 Å². The summed E-state index contributed by atoms with van der Waals surface area (Å²) in [5.41, 5.74) is 2.24. The molecule has 140 valence electrons. The Hall–Kier alpha value is -3.38. The third-order valence-electron chi connectivity index (χ3n) is 4.55. The van der Waals surface area contributed by atoms with Crippen molar-refractivity contribution in [3.05, 3.63) is 82.6 Å². The molecule has 0 fully saturated rings. The molecule has 0 saturated heterocycles. The maximum atomic E-state index is 12.6. The van der Waals surface area contributed by atoms with E-state index in [1.54, 1.807) is 54.3 Å². The summed E-state index contributed by atoms with van der Waals surface area (Å²) in [5.74, 6) is -0.0103. The van der Waals surface area contributed by atoms with Gasteiger partial charge in [0, 0.05) is 41.6 Å². The lowest BCUT2D eigenvalue weighted by Crippen LogP contribution is -2.13. The molecule has 0 aliphatic rings. The fourth-order valence-corrected chi connectivity index (χ4v) is 3.24. The van der Waals surface area contributed by atoms with Gasteiger partial charge in [0.1, 0.15) is 0 Å². The first-order valence-electron chi connectivity index (χ1n) is 8.57. The summed E-state index contributed by atoms with van der Waals surface area (Å²) in [6.45, 7) is 1.81. The van der Waals surface area contributed by atoms with Gasteiger partial charge >= 0.3 is 0 Å². The van der Waals surface area contributed by atoms with E-state index in [4.69, 9.17) is 16.0 Å². The van der Waals surface area contributed by atoms with E-state index >= 15 is 0 Å². The molecule has 0 unspecified atom stereocenters. The van der Waals surface area contributed by atoms with E-state index < -0.39 is 0 Å². The molecule has 0 bridgehead atoms. The Morgan fingerprint density at radius 2 is 1.89 bits per heavy atom. The molecular weight excluding hydrogens is 378 g/mol. The first-order chi connectivity index (χ1) is 13.5. The molecule has 2 aromatic heterocycles. The number of furan rings is 1. The van der Waals surface area contributed by atoms with Crippen molar-refractivity contribution in [1.29, 1.82) is 0 Å². The number of benzene rings is 2. The van der Waals surface area contributed by atoms with Crippen LogP contribution in [-0.4, -0.2) is 21.2 Å². The lowest BCUT2D eigenvalue weighted by Gasteiger charge is -2.06. The Labute approximate surface area is 165 Å². The van der Waals surface area contributed by atoms with Crippen molar-refractivity contribution >= 4 is 39.9 Å². The van der Waals surface area contributed by atoms with Gasteiger partial charge in [-0.3, -0.25) is 9.59 Å². The molecule has 0 spiro atoms. The molecule has 0 radical (unpaired) electrons. The SMILES string of the molecule is Cc1c(C(=O)Nc2ccc(C(=O)c3nccn3C)cc2)oc2c(Cl)cccc12. The summed E-state index contributed by atoms with van der Waals surface area (Å²) in [4.78, 5) is 29.2. The number of nitrogens with one attached hydrogen (secondary N) is 1. The minimum Gasteiger partial charge on any atom is -0.449 e. The van der Waals surface area contributed by atoms with E-state index in [1.165, 1.54) is 0 Å². The number of carbonyl (C=O) groups is 2. The van der Waals surface area contributed by atoms with Gasteiger partial charge in [-0.15, -0.1) is 0 Å². The van der Waals surface area contributed by atoms with E-state index in [0.717, 1.165) is 10.9 Å². The minimum absolute atomic E-state index is 0.187. The molecule has 1 N–H and O–H groups in total. The average Bonchev–Trinajstić information content (AvgIpc) is 3.26. The molecule has 0 saturated carbocycles. The number of fused-ring (bicyclic) bond motifs is 1. The van der Waals surface area contributed by atoms with E-state index in [2.05, 4.69) is 10.3 Å². The Balaban J connectivity index is 1.56. The average molecular weight is 394 g/mol. The van der Waals surface area contributed by atoms with Gasteiger partial charge in [0.25, 0.3) is 5.91 Å². The summed E-state index contributed by atoms with van der Waals surface area (Å²) < 4.78 is 7.34. The van der Waals surface area contributed by atoms with Crippen LogP contribution in [0.25, 0.3) is 11.0 Å². The number of aryl methyl sites for hydroxylation is 2. The van der Waals surface area contributed by atoms with Crippen molar-refractivity contribution in [2.75, 3.05) is 5.32 Å². The Bertz CT molecular complexity index is 1210. The predicted octanol–water partition coefficient (Wildman–Crippen LogP) is 4.61. The number of anilines is 1. The number of carbonyl (C=O) groups excluding carboxylic acids is 2. The van der Waals surface area contributed by atoms with E-state index in [9.17, 15) is 9.59 Å². The first-order valence-corrected chi connectivity index (χ1v) is 8.94. The van der Waals surface area contributed by atoms with Gasteiger partial charge in [-0.2, -0.15) is 0 Å². The topological polar surface area (TPSA) is 77.1 Å². The molecule has 2 heterocycles. The number of aromatic nitrogens is 2. The molecule has 0 aliphatic carbocycles. The van der Waals surface area contributed by atoms with Crippen LogP contribution in [0, 0.1) is 6.92 Å². The zero-order valence-corrected chi connectivity index (χ0v) is 15.9. The lowest BCUT2D eigenvalue weighted by molar-refractivity contribution is 0.0996. The van der Waals surface area contributed by atoms with E-state index in [1.807, 2.05) is 19.1 Å². The Morgan fingerprint density at radius 3 is 2.54 bits per heavy atom. The van der Waals surface area contributed by atoms with Crippen molar-refractivity contribution < 1.29 is 14.0 Å². The smallest absolute Gasteiger partial charge is 0.291 e. The van der Waals surface area contributed by atoms with Crippen LogP contribution >= 0.6 is 11.6 Å². The number of ketones is 1. The second-order valence-corrected chi connectivity index (χ2v) is 6.80. The van der Waals surface area contributed by atoms with Gasteiger partial charge in [-0.05, 0) is 37.3 Å². The number of hydrogen-bond acceptors (Lipinski definition) is 4. The monoisotopic (exact) mass is 393 g/mol. The van der Waals surface area contributed by atoms with Crippen LogP contribution in [0.5, 0.6) is 0 Å². The summed E-state index contributed by atoms with van der Waals surface area (Å²) in [6, 6.07) is 12.0. The number of rotatable bonds is 4. The quantitative estimate of drug-likeness (QED) is 0.513. The van der Waals surface area contributed by atoms with Crippen LogP contribution in [0.1, 0.15) is 32.3 Å². The minimum atomic E-state index is -0.382. The van der Waals surface area contributed by atoms with Crippen molar-refractivity contribution in [2.45, 2.75) is 6.92 Å². The molecule has 0 aliphatic heterocycles. The molecule has 28 heavy (non-hydrogen) atoms. The highest BCUT2D eigenvalue weighted by molar-refractivity contribution is 6.35. The molecule has 4 aromatic rings. The number of nitrogens with zero attached hydrogens (tertiary/aromatic N) is 2. The van der Waals surface area contributed by atoms with Gasteiger partial charge in [-0.25, -0.2) is 4.98 Å². The zero-order valence-electron chi connectivity index (χ0n) is 15.2. The maximum absolute atomic E-state index is 12.6. The summed E-state index contributed by atoms with van der Waals surface area (Å²) in [5, 5.41) is 4.04. The van der Waals surface area contributed by atoms with Crippen LogP contribution in [0.15, 0.2) is 59.3 Å². The van der Waals surface area contributed by atoms with Crippen LogP contribution in [0.2, 0.25) is 5.02 Å². The van der Waals surface area contributed by atoms with E-state index in [-0.39, 0.29) is 17.5 Å². The van der Waals surface area contributed by atoms with Gasteiger partial charge < -0.3 is 14.3 Å². The largest absolute Gasteiger partial charge is 0.449 e. The van der Waals surface area contributed by atoms with Crippen LogP contribution < -0.4 is 5.32 Å². The molecule has 0 atom stereocenters. The van der Waals surface area contributed by atoms with Crippen molar-refractivity contribution in [3.63, 3.8) is 0 Å². The summed E-state index contributed by atoms with van der Waals surface area (Å²) in [6.07, 6.45) is 3.29. The molecule has 7 heteroatoms. The van der Waals surface area contributed by atoms with Crippen LogP contribution in [0.4, 0.5) is 5.69 Å². The normalized spacial score (nSPS) is 11.0. The third-order valence-corrected chi connectivity index (χ3v) is 4.85. The van der Waals surface area contributed by atoms with Crippen molar-refractivity contribution in [1.82, 2.24) is 9.55 Å². The summed E-state index contributed by atoms with van der Waals surface area (Å²) >= 11 is 6.14. The fourth-order valence-electron chi connectivity index (χ4n) is 3.03. The highest BCUT2D eigenvalue weighted by atomic mass is 35.5. The molecular formula is C21H16ClN3O3. The maximum Gasteiger partial charge on any atom is 0.291 e. The van der Waals surface area contributed by atoms with Gasteiger partial charge in [0.15, 0.2) is 17.2 Å². The second-order valence-electron chi connectivity index (χ2n) is 6.40. The number of imidazole rings is 1. The molecule has 4 rings (SSSR count). The highest BCUT2D eigenvalue weighted by Crippen LogP contribution is 2.31. The fraction of sp³-hybridized carbons (Fsp3) is 0.0952.